The number of nitrogens with zero attached hydrogens (tertiary/aromatic N) is 2. The molecule has 0 bridgehead atoms. The quantitative estimate of drug-likeness (QED) is 0.293. The molecule has 3 aromatic carbocycles. The zero-order chi connectivity index (χ0) is 29.4. The zero-order valence-electron chi connectivity index (χ0n) is 22.8. The van der Waals surface area contributed by atoms with E-state index in [2.05, 4.69) is 5.32 Å². The molecule has 0 radical (unpaired) electrons. The van der Waals surface area contributed by atoms with E-state index in [9.17, 15) is 18.0 Å². The van der Waals surface area contributed by atoms with Crippen molar-refractivity contribution in [2.45, 2.75) is 50.7 Å². The third kappa shape index (κ3) is 7.90. The highest BCUT2D eigenvalue weighted by Crippen LogP contribution is 2.30. The van der Waals surface area contributed by atoms with Crippen LogP contribution < -0.4 is 14.4 Å². The number of halogens is 2. The summed E-state index contributed by atoms with van der Waals surface area (Å²) in [5.41, 5.74) is 0.858. The molecule has 11 heteroatoms. The fraction of sp³-hybridized carbons (Fsp3) is 0.310. The second kappa shape index (κ2) is 13.9. The lowest BCUT2D eigenvalue weighted by Gasteiger charge is -2.32. The molecule has 0 aliphatic carbocycles. The lowest BCUT2D eigenvalue weighted by Crippen LogP contribution is -2.52. The number of anilines is 1. The summed E-state index contributed by atoms with van der Waals surface area (Å²) >= 11 is 12.4. The van der Waals surface area contributed by atoms with E-state index in [4.69, 9.17) is 27.9 Å². The fourth-order valence-electron chi connectivity index (χ4n) is 3.91. The van der Waals surface area contributed by atoms with Gasteiger partial charge in [0.2, 0.25) is 11.8 Å². The van der Waals surface area contributed by atoms with E-state index >= 15 is 0 Å². The maximum absolute atomic E-state index is 14.0. The molecule has 3 rings (SSSR count). The molecular weight excluding hydrogens is 573 g/mol. The van der Waals surface area contributed by atoms with Gasteiger partial charge in [0, 0.05) is 22.6 Å². The van der Waals surface area contributed by atoms with Crippen LogP contribution in [0.15, 0.2) is 77.7 Å². The average Bonchev–Trinajstić information content (AvgIpc) is 2.94. The summed E-state index contributed by atoms with van der Waals surface area (Å²) < 4.78 is 33.8. The number of benzene rings is 3. The van der Waals surface area contributed by atoms with Gasteiger partial charge in [-0.2, -0.15) is 0 Å². The topological polar surface area (TPSA) is 96.0 Å². The summed E-state index contributed by atoms with van der Waals surface area (Å²) in [6, 6.07) is 18.2. The van der Waals surface area contributed by atoms with Gasteiger partial charge in [0.25, 0.3) is 10.0 Å². The summed E-state index contributed by atoms with van der Waals surface area (Å²) in [6.45, 7) is 4.90. The Hall–Kier alpha value is -3.27. The SMILES string of the molecule is CCC(C)NC(=O)C(C)N(Cc1ccc(OC)cc1)C(=O)CN(c1cc(Cl)cc(Cl)c1)S(=O)(=O)c1ccccc1. The Bertz CT molecular complexity index is 1400. The van der Waals surface area contributed by atoms with Gasteiger partial charge in [-0.25, -0.2) is 8.42 Å². The molecule has 2 atom stereocenters. The van der Waals surface area contributed by atoms with Crippen molar-refractivity contribution in [3.8, 4) is 5.75 Å². The first-order valence-corrected chi connectivity index (χ1v) is 14.9. The third-order valence-corrected chi connectivity index (χ3v) is 8.65. The Morgan fingerprint density at radius 3 is 2.10 bits per heavy atom. The maximum atomic E-state index is 14.0. The molecule has 0 heterocycles. The monoisotopic (exact) mass is 605 g/mol. The van der Waals surface area contributed by atoms with Gasteiger partial charge < -0.3 is 15.0 Å². The highest BCUT2D eigenvalue weighted by molar-refractivity contribution is 7.92. The summed E-state index contributed by atoms with van der Waals surface area (Å²) in [5, 5.41) is 3.32. The minimum atomic E-state index is -4.22. The van der Waals surface area contributed by atoms with E-state index in [0.29, 0.717) is 12.2 Å². The van der Waals surface area contributed by atoms with Gasteiger partial charge in [0.05, 0.1) is 17.7 Å². The molecule has 0 saturated carbocycles. The molecule has 0 spiro atoms. The number of hydrogen-bond donors (Lipinski definition) is 1. The van der Waals surface area contributed by atoms with Crippen LogP contribution in [0.3, 0.4) is 0 Å². The van der Waals surface area contributed by atoms with Crippen LogP contribution in [0, 0.1) is 0 Å². The second-order valence-corrected chi connectivity index (χ2v) is 12.1. The summed E-state index contributed by atoms with van der Waals surface area (Å²) in [5.74, 6) is -0.292. The number of carbonyl (C=O) groups is 2. The predicted molar refractivity (Wildman–Crippen MR) is 158 cm³/mol. The van der Waals surface area contributed by atoms with Crippen LogP contribution in [0.1, 0.15) is 32.8 Å². The molecule has 3 aromatic rings. The number of ether oxygens (including phenoxy) is 1. The van der Waals surface area contributed by atoms with Gasteiger partial charge in [-0.05, 0) is 68.3 Å². The molecular formula is C29H33Cl2N3O5S. The number of nitrogens with one attached hydrogen (secondary N) is 1. The van der Waals surface area contributed by atoms with Crippen molar-refractivity contribution < 1.29 is 22.7 Å². The Balaban J connectivity index is 2.04. The van der Waals surface area contributed by atoms with E-state index in [1.54, 1.807) is 56.5 Å². The summed E-state index contributed by atoms with van der Waals surface area (Å²) in [4.78, 5) is 28.4. The summed E-state index contributed by atoms with van der Waals surface area (Å²) in [7, 11) is -2.66. The van der Waals surface area contributed by atoms with Gasteiger partial charge in [-0.3, -0.25) is 13.9 Å². The van der Waals surface area contributed by atoms with Crippen LogP contribution in [0.4, 0.5) is 5.69 Å². The van der Waals surface area contributed by atoms with E-state index in [0.717, 1.165) is 9.87 Å². The van der Waals surface area contributed by atoms with Crippen LogP contribution in [0.2, 0.25) is 10.0 Å². The van der Waals surface area contributed by atoms with E-state index < -0.39 is 28.5 Å². The molecule has 2 unspecified atom stereocenters. The van der Waals surface area contributed by atoms with Crippen molar-refractivity contribution in [3.63, 3.8) is 0 Å². The largest absolute Gasteiger partial charge is 0.497 e. The molecule has 0 fully saturated rings. The fourth-order valence-corrected chi connectivity index (χ4v) is 5.84. The Labute approximate surface area is 245 Å². The second-order valence-electron chi connectivity index (χ2n) is 9.32. The van der Waals surface area contributed by atoms with Crippen molar-refractivity contribution in [1.82, 2.24) is 10.2 Å². The molecule has 40 heavy (non-hydrogen) atoms. The Kier molecular flexibility index (Phi) is 10.8. The highest BCUT2D eigenvalue weighted by Gasteiger charge is 2.33. The van der Waals surface area contributed by atoms with Crippen molar-refractivity contribution in [2.75, 3.05) is 18.0 Å². The van der Waals surface area contributed by atoms with Crippen molar-refractivity contribution >= 4 is 50.7 Å². The molecule has 2 amide bonds. The Morgan fingerprint density at radius 2 is 1.55 bits per heavy atom. The molecule has 1 N–H and O–H groups in total. The van der Waals surface area contributed by atoms with E-state index in [1.165, 1.54) is 35.2 Å². The van der Waals surface area contributed by atoms with Gasteiger partial charge in [-0.1, -0.05) is 60.5 Å². The van der Waals surface area contributed by atoms with Crippen molar-refractivity contribution in [2.24, 2.45) is 0 Å². The van der Waals surface area contributed by atoms with E-state index in [-0.39, 0.29) is 39.1 Å². The third-order valence-electron chi connectivity index (χ3n) is 6.43. The Morgan fingerprint density at radius 1 is 0.950 bits per heavy atom. The minimum absolute atomic E-state index is 0.0110. The molecule has 8 nitrogen and oxygen atoms in total. The van der Waals surface area contributed by atoms with Crippen molar-refractivity contribution in [3.05, 3.63) is 88.4 Å². The number of methoxy groups -OCH3 is 1. The van der Waals surface area contributed by atoms with Crippen LogP contribution in [-0.2, 0) is 26.2 Å². The highest BCUT2D eigenvalue weighted by atomic mass is 35.5. The van der Waals surface area contributed by atoms with Crippen LogP contribution in [0.5, 0.6) is 5.75 Å². The van der Waals surface area contributed by atoms with Gasteiger partial charge in [0.1, 0.15) is 18.3 Å². The smallest absolute Gasteiger partial charge is 0.264 e. The molecule has 214 valence electrons. The van der Waals surface area contributed by atoms with Gasteiger partial charge in [0.15, 0.2) is 0 Å². The van der Waals surface area contributed by atoms with Gasteiger partial charge in [-0.15, -0.1) is 0 Å². The number of amides is 2. The maximum Gasteiger partial charge on any atom is 0.264 e. The standard InChI is InChI=1S/C29H33Cl2N3O5S/c1-5-20(2)32-29(36)21(3)33(18-22-11-13-26(39-4)14-12-22)28(35)19-34(25-16-23(30)15-24(31)17-25)40(37,38)27-9-7-6-8-10-27/h6-17,20-21H,5,18-19H2,1-4H3,(H,32,36). The van der Waals surface area contributed by atoms with Gasteiger partial charge >= 0.3 is 0 Å². The average molecular weight is 607 g/mol. The number of sulfonamides is 1. The molecule has 0 aliphatic heterocycles. The molecule has 0 aliphatic rings. The number of rotatable bonds is 12. The summed E-state index contributed by atoms with van der Waals surface area (Å²) in [6.07, 6.45) is 0.712. The zero-order valence-corrected chi connectivity index (χ0v) is 25.1. The number of hydrogen-bond acceptors (Lipinski definition) is 5. The van der Waals surface area contributed by atoms with Crippen LogP contribution in [-0.4, -0.2) is 50.9 Å². The van der Waals surface area contributed by atoms with Crippen molar-refractivity contribution in [1.29, 1.82) is 0 Å². The lowest BCUT2D eigenvalue weighted by atomic mass is 10.1. The first kappa shape index (κ1) is 31.3. The first-order chi connectivity index (χ1) is 19.0. The molecule has 0 aromatic heterocycles. The predicted octanol–water partition coefficient (Wildman–Crippen LogP) is 5.53. The minimum Gasteiger partial charge on any atom is -0.497 e. The van der Waals surface area contributed by atoms with Crippen LogP contribution >= 0.6 is 23.2 Å². The normalized spacial score (nSPS) is 12.8. The number of carbonyl (C=O) groups excluding carboxylic acids is 2. The van der Waals surface area contributed by atoms with Crippen LogP contribution in [0.25, 0.3) is 0 Å². The lowest BCUT2D eigenvalue weighted by molar-refractivity contribution is -0.139. The van der Waals surface area contributed by atoms with E-state index in [1.807, 2.05) is 13.8 Å². The first-order valence-electron chi connectivity index (χ1n) is 12.7. The molecule has 0 saturated heterocycles.